The zero-order chi connectivity index (χ0) is 15.5. The number of H-pyrrole nitrogens is 1. The minimum Gasteiger partial charge on any atom is -0.361 e. The van der Waals surface area contributed by atoms with Gasteiger partial charge in [0.25, 0.3) is 0 Å². The van der Waals surface area contributed by atoms with Crippen LogP contribution in [0.2, 0.25) is 0 Å². The van der Waals surface area contributed by atoms with Crippen LogP contribution in [-0.4, -0.2) is 63.0 Å². The van der Waals surface area contributed by atoms with Gasteiger partial charge < -0.3 is 14.8 Å². The number of nitrogens with zero attached hydrogens (tertiary/aromatic N) is 2. The van der Waals surface area contributed by atoms with Crippen LogP contribution in [0.5, 0.6) is 0 Å². The lowest BCUT2D eigenvalue weighted by Crippen LogP contribution is -2.45. The number of rotatable bonds is 5. The van der Waals surface area contributed by atoms with Gasteiger partial charge in [0.2, 0.25) is 0 Å². The Hall–Kier alpha value is -1.37. The molecule has 0 saturated carbocycles. The lowest BCUT2D eigenvalue weighted by atomic mass is 10.1. The first-order valence-corrected chi connectivity index (χ1v) is 9.09. The molecular weight excluding hydrogens is 298 g/mol. The fourth-order valence-corrected chi connectivity index (χ4v) is 3.53. The van der Waals surface area contributed by atoms with Gasteiger partial charge in [-0.2, -0.15) is 0 Å². The maximum absolute atomic E-state index is 10.8. The second-order valence-electron chi connectivity index (χ2n) is 6.08. The smallest absolute Gasteiger partial charge is 0.144 e. The quantitative estimate of drug-likeness (QED) is 0.809. The van der Waals surface area contributed by atoms with Crippen molar-refractivity contribution >= 4 is 21.6 Å². The Morgan fingerprint density at radius 2 is 1.95 bits per heavy atom. The Labute approximate surface area is 132 Å². The van der Waals surface area contributed by atoms with Crippen LogP contribution in [0.3, 0.4) is 0 Å². The first-order valence-electron chi connectivity index (χ1n) is 7.73. The van der Waals surface area contributed by atoms with Crippen molar-refractivity contribution in [1.29, 1.82) is 0 Å². The molecule has 1 aromatic carbocycles. The van der Waals surface area contributed by atoms with E-state index in [1.54, 1.807) is 0 Å². The maximum Gasteiger partial charge on any atom is 0.144 e. The molecule has 6 heteroatoms. The Balaban J connectivity index is 1.67. The van der Waals surface area contributed by atoms with Gasteiger partial charge in [-0.1, -0.05) is 12.1 Å². The average Bonchev–Trinajstić information content (AvgIpc) is 2.88. The molecule has 1 aliphatic heterocycles. The number of hydrogen-bond acceptors (Lipinski definition) is 4. The van der Waals surface area contributed by atoms with E-state index in [2.05, 4.69) is 28.0 Å². The van der Waals surface area contributed by atoms with Crippen molar-refractivity contribution in [3.63, 3.8) is 0 Å². The summed E-state index contributed by atoms with van der Waals surface area (Å²) in [5.74, 6) is 0.112. The molecule has 0 unspecified atom stereocenters. The number of aromatic amines is 1. The number of benzene rings is 1. The van der Waals surface area contributed by atoms with Gasteiger partial charge in [0.05, 0.1) is 5.75 Å². The first kappa shape index (κ1) is 15.5. The van der Waals surface area contributed by atoms with E-state index < -0.39 is 10.7 Å². The van der Waals surface area contributed by atoms with Crippen LogP contribution < -0.4 is 0 Å². The number of hydrogen-bond donors (Lipinski definition) is 2. The fourth-order valence-electron chi connectivity index (χ4n) is 3.04. The van der Waals surface area contributed by atoms with E-state index in [4.69, 9.17) is 0 Å². The lowest BCUT2D eigenvalue weighted by molar-refractivity contribution is 0.155. The van der Waals surface area contributed by atoms with Crippen LogP contribution >= 0.6 is 0 Å². The molecule has 1 aromatic heterocycles. The minimum absolute atomic E-state index is 0.112. The van der Waals surface area contributed by atoms with Gasteiger partial charge in [0.15, 0.2) is 0 Å². The number of aromatic nitrogens is 1. The molecule has 1 fully saturated rings. The second kappa shape index (κ2) is 6.81. The first-order chi connectivity index (χ1) is 10.6. The normalized spacial score (nSPS) is 17.5. The molecular formula is C16H23N3O2S. The Kier molecular flexibility index (Phi) is 4.81. The van der Waals surface area contributed by atoms with Crippen LogP contribution in [-0.2, 0) is 22.9 Å². The highest BCUT2D eigenvalue weighted by Crippen LogP contribution is 2.21. The summed E-state index contributed by atoms with van der Waals surface area (Å²) < 4.78 is 21.7. The highest BCUT2D eigenvalue weighted by molar-refractivity contribution is 7.71. The number of nitrogens with one attached hydrogen (secondary N) is 1. The van der Waals surface area contributed by atoms with Crippen molar-refractivity contribution in [1.82, 2.24) is 14.8 Å². The summed E-state index contributed by atoms with van der Waals surface area (Å²) in [6, 6.07) is 5.90. The van der Waals surface area contributed by atoms with Crippen molar-refractivity contribution in [3.05, 3.63) is 35.5 Å². The van der Waals surface area contributed by atoms with Gasteiger partial charge in [-0.25, -0.2) is 8.42 Å². The monoisotopic (exact) mass is 321 g/mol. The van der Waals surface area contributed by atoms with Crippen molar-refractivity contribution in [2.75, 3.05) is 39.8 Å². The summed E-state index contributed by atoms with van der Waals surface area (Å²) in [6.45, 7) is 5.64. The minimum atomic E-state index is -2.37. The number of piperazine rings is 1. The van der Waals surface area contributed by atoms with Gasteiger partial charge in [0, 0.05) is 49.8 Å². The zero-order valence-corrected chi connectivity index (χ0v) is 13.8. The van der Waals surface area contributed by atoms with Crippen molar-refractivity contribution in [2.24, 2.45) is 0 Å². The largest absolute Gasteiger partial charge is 0.361 e. The average molecular weight is 321 g/mol. The summed E-state index contributed by atoms with van der Waals surface area (Å²) in [4.78, 5) is 8.15. The SMILES string of the molecule is CN1CCN(CCc2c[nH]c3cc(C[SH](=O)=O)ccc23)CC1. The van der Waals surface area contributed by atoms with Crippen LogP contribution in [0.15, 0.2) is 24.4 Å². The third-order valence-electron chi connectivity index (χ3n) is 4.44. The molecule has 22 heavy (non-hydrogen) atoms. The highest BCUT2D eigenvalue weighted by Gasteiger charge is 2.14. The van der Waals surface area contributed by atoms with E-state index in [1.807, 2.05) is 18.2 Å². The summed E-state index contributed by atoms with van der Waals surface area (Å²) in [5, 5.41) is 1.21. The Morgan fingerprint density at radius 1 is 1.18 bits per heavy atom. The molecule has 120 valence electrons. The van der Waals surface area contributed by atoms with E-state index in [0.717, 1.165) is 50.2 Å². The van der Waals surface area contributed by atoms with Gasteiger partial charge in [-0.3, -0.25) is 0 Å². The molecule has 5 nitrogen and oxygen atoms in total. The molecule has 0 amide bonds. The van der Waals surface area contributed by atoms with Gasteiger partial charge >= 0.3 is 0 Å². The predicted octanol–water partition coefficient (Wildman–Crippen LogP) is 1.07. The van der Waals surface area contributed by atoms with Gasteiger partial charge in [0.1, 0.15) is 10.7 Å². The Morgan fingerprint density at radius 3 is 2.68 bits per heavy atom. The van der Waals surface area contributed by atoms with Crippen molar-refractivity contribution < 1.29 is 8.42 Å². The Bertz CT molecular complexity index is 707. The zero-order valence-electron chi connectivity index (χ0n) is 12.9. The molecule has 1 saturated heterocycles. The number of fused-ring (bicyclic) bond motifs is 1. The molecule has 2 aromatic rings. The molecule has 0 aliphatic carbocycles. The highest BCUT2D eigenvalue weighted by atomic mass is 32.2. The van der Waals surface area contributed by atoms with Crippen LogP contribution in [0.4, 0.5) is 0 Å². The summed E-state index contributed by atoms with van der Waals surface area (Å²) in [6.07, 6.45) is 3.08. The van der Waals surface area contributed by atoms with E-state index in [-0.39, 0.29) is 5.75 Å². The van der Waals surface area contributed by atoms with E-state index in [1.165, 1.54) is 10.9 Å². The molecule has 0 radical (unpaired) electrons. The maximum atomic E-state index is 10.8. The predicted molar refractivity (Wildman–Crippen MR) is 90.0 cm³/mol. The number of thiol groups is 1. The third kappa shape index (κ3) is 3.69. The molecule has 2 heterocycles. The molecule has 1 aliphatic rings. The molecule has 1 N–H and O–H groups in total. The van der Waals surface area contributed by atoms with Crippen LogP contribution in [0.25, 0.3) is 10.9 Å². The van der Waals surface area contributed by atoms with E-state index in [9.17, 15) is 8.42 Å². The van der Waals surface area contributed by atoms with E-state index in [0.29, 0.717) is 0 Å². The van der Waals surface area contributed by atoms with Gasteiger partial charge in [-0.15, -0.1) is 0 Å². The molecule has 0 atom stereocenters. The second-order valence-corrected chi connectivity index (χ2v) is 7.06. The standard InChI is InChI=1S/C16H23N3O2S/c1-18-6-8-19(9-7-18)5-4-14-11-17-16-10-13(12-22(20)21)2-3-15(14)16/h2-3,10-11,17,22H,4-9,12H2,1H3. The molecule has 3 rings (SSSR count). The lowest BCUT2D eigenvalue weighted by Gasteiger charge is -2.32. The summed E-state index contributed by atoms with van der Waals surface area (Å²) >= 11 is 0. The molecule has 0 spiro atoms. The topological polar surface area (TPSA) is 56.4 Å². The van der Waals surface area contributed by atoms with Crippen LogP contribution in [0.1, 0.15) is 11.1 Å². The third-order valence-corrected chi connectivity index (χ3v) is 5.06. The summed E-state index contributed by atoms with van der Waals surface area (Å²) in [5.41, 5.74) is 3.19. The van der Waals surface area contributed by atoms with E-state index >= 15 is 0 Å². The molecule has 0 bridgehead atoms. The summed E-state index contributed by atoms with van der Waals surface area (Å²) in [7, 11) is -0.198. The number of likely N-dealkylation sites (N-methyl/N-ethyl adjacent to an activating group) is 1. The van der Waals surface area contributed by atoms with Crippen LogP contribution in [0, 0.1) is 0 Å². The fraction of sp³-hybridized carbons (Fsp3) is 0.500. The van der Waals surface area contributed by atoms with Crippen molar-refractivity contribution in [2.45, 2.75) is 12.2 Å². The van der Waals surface area contributed by atoms with Gasteiger partial charge in [-0.05, 0) is 30.7 Å². The van der Waals surface area contributed by atoms with Crippen molar-refractivity contribution in [3.8, 4) is 0 Å².